The summed E-state index contributed by atoms with van der Waals surface area (Å²) in [6.45, 7) is 7.17. The SMILES string of the molecule is CC1(C)CC2CC(C)(CN2S(=O)(=O)c2ccc(NN=C(C#N)C#N)cc2)C1. The molecule has 1 saturated carbocycles. The fourth-order valence-electron chi connectivity index (χ4n) is 4.72. The van der Waals surface area contributed by atoms with Gasteiger partial charge in [-0.15, -0.1) is 0 Å². The van der Waals surface area contributed by atoms with Crippen molar-refractivity contribution in [2.24, 2.45) is 15.9 Å². The molecule has 27 heavy (non-hydrogen) atoms. The third-order valence-electron chi connectivity index (χ3n) is 5.34. The lowest BCUT2D eigenvalue weighted by Gasteiger charge is -2.39. The minimum atomic E-state index is -3.57. The first-order valence-electron chi connectivity index (χ1n) is 8.84. The Labute approximate surface area is 160 Å². The Bertz CT molecular complexity index is 937. The van der Waals surface area contributed by atoms with Crippen LogP contribution in [0.4, 0.5) is 5.69 Å². The molecule has 7 nitrogen and oxygen atoms in total. The minimum absolute atomic E-state index is 0.0285. The Kier molecular flexibility index (Phi) is 4.75. The quantitative estimate of drug-likeness (QED) is 0.633. The molecule has 8 heteroatoms. The second-order valence-corrected chi connectivity index (χ2v) is 10.5. The highest BCUT2D eigenvalue weighted by Crippen LogP contribution is 2.53. The van der Waals surface area contributed by atoms with E-state index in [1.54, 1.807) is 28.6 Å². The number of nitrogens with zero attached hydrogens (tertiary/aromatic N) is 4. The Hall–Kier alpha value is -2.42. The van der Waals surface area contributed by atoms with E-state index in [1.165, 1.54) is 12.1 Å². The number of nitriles is 2. The number of benzene rings is 1. The van der Waals surface area contributed by atoms with Gasteiger partial charge in [0.2, 0.25) is 15.7 Å². The molecular formula is C19H23N5O2S. The van der Waals surface area contributed by atoms with Crippen LogP contribution in [0, 0.1) is 33.5 Å². The van der Waals surface area contributed by atoms with Gasteiger partial charge in [-0.25, -0.2) is 8.42 Å². The number of anilines is 1. The maximum Gasteiger partial charge on any atom is 0.243 e. The van der Waals surface area contributed by atoms with Gasteiger partial charge in [0.1, 0.15) is 12.1 Å². The highest BCUT2D eigenvalue weighted by Gasteiger charge is 2.53. The van der Waals surface area contributed by atoms with E-state index in [4.69, 9.17) is 10.5 Å². The van der Waals surface area contributed by atoms with Crippen LogP contribution in [0.3, 0.4) is 0 Å². The monoisotopic (exact) mass is 385 g/mol. The molecule has 1 saturated heterocycles. The number of hydrazone groups is 1. The van der Waals surface area contributed by atoms with Gasteiger partial charge in [-0.3, -0.25) is 5.43 Å². The number of hydrogen-bond acceptors (Lipinski definition) is 6. The molecule has 0 aromatic heterocycles. The topological polar surface area (TPSA) is 109 Å². The molecule has 0 amide bonds. The van der Waals surface area contributed by atoms with Gasteiger partial charge in [0, 0.05) is 12.6 Å². The molecule has 0 spiro atoms. The molecule has 1 aromatic rings. The van der Waals surface area contributed by atoms with E-state index in [-0.39, 0.29) is 27.5 Å². The molecule has 3 rings (SSSR count). The highest BCUT2D eigenvalue weighted by atomic mass is 32.2. The maximum atomic E-state index is 13.2. The Morgan fingerprint density at radius 2 is 1.81 bits per heavy atom. The summed E-state index contributed by atoms with van der Waals surface area (Å²) in [6, 6.07) is 9.56. The zero-order chi connectivity index (χ0) is 19.9. The number of nitrogens with one attached hydrogen (secondary N) is 1. The smallest absolute Gasteiger partial charge is 0.243 e. The van der Waals surface area contributed by atoms with Crippen LogP contribution in [0.2, 0.25) is 0 Å². The molecule has 142 valence electrons. The summed E-state index contributed by atoms with van der Waals surface area (Å²) < 4.78 is 28.1. The third-order valence-corrected chi connectivity index (χ3v) is 7.25. The minimum Gasteiger partial charge on any atom is -0.277 e. The van der Waals surface area contributed by atoms with Crippen LogP contribution in [0.1, 0.15) is 40.0 Å². The lowest BCUT2D eigenvalue weighted by Crippen LogP contribution is -2.37. The number of fused-ring (bicyclic) bond motifs is 2. The molecule has 1 aliphatic heterocycles. The van der Waals surface area contributed by atoms with Crippen molar-refractivity contribution in [3.05, 3.63) is 24.3 Å². The predicted molar refractivity (Wildman–Crippen MR) is 102 cm³/mol. The summed E-state index contributed by atoms with van der Waals surface area (Å²) in [5.74, 6) is 0. The standard InChI is InChI=1S/C19H23N5O2S/c1-18(2)8-16-9-19(3,12-18)13-24(16)27(25,26)17-6-4-14(5-7-17)22-23-15(10-20)11-21/h4-7,16,22H,8-9,12-13H2,1-3H3. The van der Waals surface area contributed by atoms with Crippen molar-refractivity contribution in [3.8, 4) is 12.1 Å². The second kappa shape index (κ2) is 6.63. The average Bonchev–Trinajstić information content (AvgIpc) is 2.85. The lowest BCUT2D eigenvalue weighted by atomic mass is 9.65. The van der Waals surface area contributed by atoms with Gasteiger partial charge in [0.15, 0.2) is 0 Å². The fourth-order valence-corrected chi connectivity index (χ4v) is 6.50. The van der Waals surface area contributed by atoms with Crippen LogP contribution in [0.5, 0.6) is 0 Å². The first-order chi connectivity index (χ1) is 12.6. The summed E-state index contributed by atoms with van der Waals surface area (Å²) in [4.78, 5) is 0.242. The molecule has 2 atom stereocenters. The van der Waals surface area contributed by atoms with Crippen LogP contribution in [0.15, 0.2) is 34.3 Å². The Balaban J connectivity index is 1.81. The van der Waals surface area contributed by atoms with Crippen LogP contribution in [-0.4, -0.2) is 31.0 Å². The molecule has 1 aliphatic carbocycles. The molecule has 2 fully saturated rings. The number of hydrogen-bond donors (Lipinski definition) is 1. The van der Waals surface area contributed by atoms with Gasteiger partial charge in [0.05, 0.1) is 10.6 Å². The van der Waals surface area contributed by atoms with Crippen molar-refractivity contribution in [1.29, 1.82) is 10.5 Å². The van der Waals surface area contributed by atoms with Crippen molar-refractivity contribution >= 4 is 21.4 Å². The Morgan fingerprint density at radius 1 is 1.19 bits per heavy atom. The van der Waals surface area contributed by atoms with E-state index in [0.29, 0.717) is 12.2 Å². The molecule has 1 aromatic carbocycles. The van der Waals surface area contributed by atoms with Gasteiger partial charge < -0.3 is 0 Å². The Morgan fingerprint density at radius 3 is 2.41 bits per heavy atom. The summed E-state index contributed by atoms with van der Waals surface area (Å²) in [5, 5.41) is 21.0. The molecular weight excluding hydrogens is 362 g/mol. The van der Waals surface area contributed by atoms with Gasteiger partial charge >= 0.3 is 0 Å². The van der Waals surface area contributed by atoms with Crippen molar-refractivity contribution in [1.82, 2.24) is 4.31 Å². The van der Waals surface area contributed by atoms with Crippen molar-refractivity contribution in [2.45, 2.75) is 51.0 Å². The lowest BCUT2D eigenvalue weighted by molar-refractivity contribution is 0.133. The fraction of sp³-hybridized carbons (Fsp3) is 0.526. The zero-order valence-electron chi connectivity index (χ0n) is 15.7. The zero-order valence-corrected chi connectivity index (χ0v) is 16.5. The van der Waals surface area contributed by atoms with Crippen LogP contribution in [-0.2, 0) is 10.0 Å². The molecule has 2 unspecified atom stereocenters. The van der Waals surface area contributed by atoms with Crippen LogP contribution < -0.4 is 5.43 Å². The molecule has 2 aliphatic rings. The van der Waals surface area contributed by atoms with Gasteiger partial charge in [-0.05, 0) is 54.4 Å². The number of sulfonamides is 1. The molecule has 0 radical (unpaired) electrons. The summed E-state index contributed by atoms with van der Waals surface area (Å²) in [7, 11) is -3.57. The van der Waals surface area contributed by atoms with E-state index >= 15 is 0 Å². The van der Waals surface area contributed by atoms with E-state index in [2.05, 4.69) is 31.3 Å². The summed E-state index contributed by atoms with van der Waals surface area (Å²) >= 11 is 0. The second-order valence-electron chi connectivity index (χ2n) is 8.58. The van der Waals surface area contributed by atoms with E-state index in [9.17, 15) is 8.42 Å². The molecule has 1 N–H and O–H groups in total. The van der Waals surface area contributed by atoms with E-state index in [1.807, 2.05) is 0 Å². The van der Waals surface area contributed by atoms with Crippen molar-refractivity contribution in [3.63, 3.8) is 0 Å². The van der Waals surface area contributed by atoms with Gasteiger partial charge in [-0.1, -0.05) is 20.8 Å². The third kappa shape index (κ3) is 3.83. The average molecular weight is 385 g/mol. The van der Waals surface area contributed by atoms with E-state index in [0.717, 1.165) is 19.3 Å². The van der Waals surface area contributed by atoms with Crippen molar-refractivity contribution in [2.75, 3.05) is 12.0 Å². The van der Waals surface area contributed by atoms with Crippen LogP contribution >= 0.6 is 0 Å². The molecule has 1 heterocycles. The maximum absolute atomic E-state index is 13.2. The van der Waals surface area contributed by atoms with Crippen molar-refractivity contribution < 1.29 is 8.42 Å². The molecule has 2 bridgehead atoms. The normalized spacial score (nSPS) is 26.6. The summed E-state index contributed by atoms with van der Waals surface area (Å²) in [5.41, 5.74) is 2.96. The summed E-state index contributed by atoms with van der Waals surface area (Å²) in [6.07, 6.45) is 2.82. The first-order valence-corrected chi connectivity index (χ1v) is 10.3. The number of rotatable bonds is 4. The first kappa shape index (κ1) is 19.3. The van der Waals surface area contributed by atoms with Gasteiger partial charge in [-0.2, -0.15) is 19.9 Å². The van der Waals surface area contributed by atoms with E-state index < -0.39 is 10.0 Å². The largest absolute Gasteiger partial charge is 0.277 e. The van der Waals surface area contributed by atoms with Gasteiger partial charge in [0.25, 0.3) is 0 Å². The van der Waals surface area contributed by atoms with Crippen LogP contribution in [0.25, 0.3) is 0 Å². The predicted octanol–water partition coefficient (Wildman–Crippen LogP) is 3.09. The highest BCUT2D eigenvalue weighted by molar-refractivity contribution is 7.89.